The van der Waals surface area contributed by atoms with Crippen molar-refractivity contribution in [3.63, 3.8) is 0 Å². The van der Waals surface area contributed by atoms with Gasteiger partial charge in [0.25, 0.3) is 0 Å². The highest BCUT2D eigenvalue weighted by atomic mass is 16.6. The zero-order chi connectivity index (χ0) is 21.7. The average Bonchev–Trinajstić information content (AvgIpc) is 2.70. The first kappa shape index (κ1) is 22.2. The molecule has 1 aliphatic heterocycles. The van der Waals surface area contributed by atoms with Crippen molar-refractivity contribution in [2.75, 3.05) is 19.8 Å². The molecule has 2 aliphatic rings. The highest BCUT2D eigenvalue weighted by Gasteiger charge is 2.44. The third-order valence-corrected chi connectivity index (χ3v) is 5.38. The minimum atomic E-state index is -0.663. The third-order valence-electron chi connectivity index (χ3n) is 5.38. The molecule has 0 bridgehead atoms. The molecule has 0 amide bonds. The van der Waals surface area contributed by atoms with Crippen molar-refractivity contribution in [2.45, 2.75) is 59.0 Å². The van der Waals surface area contributed by atoms with Crippen LogP contribution >= 0.6 is 0 Å². The highest BCUT2D eigenvalue weighted by molar-refractivity contribution is 6.09. The lowest BCUT2D eigenvalue weighted by atomic mass is 9.71. The first-order valence-corrected chi connectivity index (χ1v) is 10.7. The first-order valence-electron chi connectivity index (χ1n) is 10.7. The molecule has 6 heteroatoms. The summed E-state index contributed by atoms with van der Waals surface area (Å²) in [6, 6.07) is 7.64. The Morgan fingerprint density at radius 3 is 2.70 bits per heavy atom. The molecule has 0 fully saturated rings. The second-order valence-electron chi connectivity index (χ2n) is 7.91. The van der Waals surface area contributed by atoms with Gasteiger partial charge in [-0.1, -0.05) is 18.2 Å². The fraction of sp³-hybridized carbons (Fsp3) is 0.542. The molecule has 2 atom stereocenters. The maximum absolute atomic E-state index is 13.1. The lowest BCUT2D eigenvalue weighted by Gasteiger charge is -2.35. The van der Waals surface area contributed by atoms with Gasteiger partial charge in [0.1, 0.15) is 18.3 Å². The van der Waals surface area contributed by atoms with Crippen LogP contribution in [0.25, 0.3) is 0 Å². The number of hydrogen-bond donors (Lipinski definition) is 0. The van der Waals surface area contributed by atoms with Crippen LogP contribution in [-0.4, -0.2) is 43.4 Å². The average molecular weight is 414 g/mol. The van der Waals surface area contributed by atoms with Crippen LogP contribution in [0.15, 0.2) is 40.5 Å². The predicted molar refractivity (Wildman–Crippen MR) is 115 cm³/mol. The monoisotopic (exact) mass is 413 g/mol. The van der Waals surface area contributed by atoms with E-state index in [0.717, 1.165) is 24.1 Å². The Balaban J connectivity index is 2.04. The maximum atomic E-state index is 13.1. The summed E-state index contributed by atoms with van der Waals surface area (Å²) < 4.78 is 16.9. The van der Waals surface area contributed by atoms with Crippen molar-refractivity contribution < 1.29 is 23.8 Å². The van der Waals surface area contributed by atoms with E-state index in [1.54, 1.807) is 0 Å². The van der Waals surface area contributed by atoms with Crippen molar-refractivity contribution >= 4 is 17.5 Å². The van der Waals surface area contributed by atoms with Gasteiger partial charge in [-0.15, -0.1) is 0 Å². The Morgan fingerprint density at radius 1 is 1.20 bits per heavy atom. The van der Waals surface area contributed by atoms with Crippen molar-refractivity contribution in [1.29, 1.82) is 0 Å². The smallest absolute Gasteiger partial charge is 0.315 e. The number of rotatable bonds is 8. The van der Waals surface area contributed by atoms with E-state index in [9.17, 15) is 9.59 Å². The standard InChI is InChI=1S/C24H31NO5/c1-5-28-13-14-29-24(27)21-16(4)25-18-10-8-11-19(26)23(18)22(21)17-9-6-7-12-20(17)30-15(2)3/h6-7,9,12,15,21-22H,5,8,10-11,13-14H2,1-4H3/t21?,22-/m1/s1. The van der Waals surface area contributed by atoms with Gasteiger partial charge < -0.3 is 14.2 Å². The molecule has 162 valence electrons. The largest absolute Gasteiger partial charge is 0.491 e. The van der Waals surface area contributed by atoms with Crippen LogP contribution in [0.2, 0.25) is 0 Å². The second-order valence-corrected chi connectivity index (χ2v) is 7.91. The summed E-state index contributed by atoms with van der Waals surface area (Å²) in [5.74, 6) is -0.761. The summed E-state index contributed by atoms with van der Waals surface area (Å²) in [5, 5.41) is 0. The van der Waals surface area contributed by atoms with Gasteiger partial charge in [0.05, 0.1) is 12.7 Å². The van der Waals surface area contributed by atoms with E-state index in [2.05, 4.69) is 4.99 Å². The molecule has 1 unspecified atom stereocenters. The number of para-hydroxylation sites is 1. The number of ether oxygens (including phenoxy) is 3. The Bertz CT molecular complexity index is 855. The number of hydrogen-bond acceptors (Lipinski definition) is 6. The Hall–Kier alpha value is -2.47. The zero-order valence-electron chi connectivity index (χ0n) is 18.3. The minimum absolute atomic E-state index is 0.0309. The molecule has 1 heterocycles. The predicted octanol–water partition coefficient (Wildman–Crippen LogP) is 4.23. The van der Waals surface area contributed by atoms with Crippen molar-refractivity contribution in [3.05, 3.63) is 41.1 Å². The van der Waals surface area contributed by atoms with E-state index < -0.39 is 11.8 Å². The number of benzene rings is 1. The highest BCUT2D eigenvalue weighted by Crippen LogP contribution is 2.46. The summed E-state index contributed by atoms with van der Waals surface area (Å²) in [5.41, 5.74) is 2.94. The summed E-state index contributed by atoms with van der Waals surface area (Å²) >= 11 is 0. The number of aliphatic imine (C=N–C) groups is 1. The normalized spacial score (nSPS) is 21.4. The van der Waals surface area contributed by atoms with Crippen LogP contribution in [0, 0.1) is 5.92 Å². The quantitative estimate of drug-likeness (QED) is 0.471. The van der Waals surface area contributed by atoms with Crippen LogP contribution < -0.4 is 4.74 Å². The number of esters is 1. The summed E-state index contributed by atoms with van der Waals surface area (Å²) in [7, 11) is 0. The molecular formula is C24H31NO5. The summed E-state index contributed by atoms with van der Waals surface area (Å²) in [6.07, 6.45) is 1.98. The first-order chi connectivity index (χ1) is 14.4. The van der Waals surface area contributed by atoms with E-state index in [-0.39, 0.29) is 24.5 Å². The molecule has 0 spiro atoms. The van der Waals surface area contributed by atoms with Crippen LogP contribution in [0.1, 0.15) is 58.4 Å². The van der Waals surface area contributed by atoms with Crippen LogP contribution in [0.4, 0.5) is 0 Å². The Kier molecular flexibility index (Phi) is 7.43. The molecule has 0 N–H and O–H groups in total. The molecule has 0 radical (unpaired) electrons. The molecule has 6 nitrogen and oxygen atoms in total. The Labute approximate surface area is 178 Å². The van der Waals surface area contributed by atoms with Crippen LogP contribution in [-0.2, 0) is 19.1 Å². The van der Waals surface area contributed by atoms with Gasteiger partial charge in [0.15, 0.2) is 5.78 Å². The summed E-state index contributed by atoms with van der Waals surface area (Å²) in [6.45, 7) is 8.73. The fourth-order valence-corrected chi connectivity index (χ4v) is 4.18. The van der Waals surface area contributed by atoms with E-state index in [1.165, 1.54) is 0 Å². The topological polar surface area (TPSA) is 74.2 Å². The zero-order valence-corrected chi connectivity index (χ0v) is 18.3. The molecule has 0 saturated carbocycles. The van der Waals surface area contributed by atoms with Gasteiger partial charge in [0.2, 0.25) is 0 Å². The van der Waals surface area contributed by atoms with Crippen molar-refractivity contribution in [1.82, 2.24) is 0 Å². The molecule has 30 heavy (non-hydrogen) atoms. The number of carbonyl (C=O) groups excluding carboxylic acids is 2. The Morgan fingerprint density at radius 2 is 1.97 bits per heavy atom. The lowest BCUT2D eigenvalue weighted by Crippen LogP contribution is -2.37. The SMILES string of the molecule is CCOCCOC(=O)C1C(C)=NC2=C(C(=O)CCC2)[C@@H]1c1ccccc1OC(C)C. The number of Topliss-reactive ketones (excluding diaryl/α,β-unsaturated/α-hetero) is 1. The fourth-order valence-electron chi connectivity index (χ4n) is 4.18. The van der Waals surface area contributed by atoms with Gasteiger partial charge in [-0.2, -0.15) is 0 Å². The number of carbonyl (C=O) groups is 2. The van der Waals surface area contributed by atoms with Gasteiger partial charge in [-0.3, -0.25) is 14.6 Å². The number of ketones is 1. The molecule has 0 saturated heterocycles. The van der Waals surface area contributed by atoms with Gasteiger partial charge >= 0.3 is 5.97 Å². The maximum Gasteiger partial charge on any atom is 0.315 e. The van der Waals surface area contributed by atoms with Crippen LogP contribution in [0.5, 0.6) is 5.75 Å². The number of nitrogens with zero attached hydrogens (tertiary/aromatic N) is 1. The van der Waals surface area contributed by atoms with Gasteiger partial charge in [-0.05, 0) is 46.6 Å². The minimum Gasteiger partial charge on any atom is -0.491 e. The molecular weight excluding hydrogens is 382 g/mol. The van der Waals surface area contributed by atoms with E-state index in [1.807, 2.05) is 52.0 Å². The van der Waals surface area contributed by atoms with Crippen molar-refractivity contribution in [2.24, 2.45) is 10.9 Å². The second kappa shape index (κ2) is 10.0. The third kappa shape index (κ3) is 4.81. The summed E-state index contributed by atoms with van der Waals surface area (Å²) in [4.78, 5) is 30.8. The number of allylic oxidation sites excluding steroid dienone is 2. The lowest BCUT2D eigenvalue weighted by molar-refractivity contribution is -0.148. The van der Waals surface area contributed by atoms with Gasteiger partial charge in [0, 0.05) is 41.5 Å². The molecule has 0 aromatic heterocycles. The van der Waals surface area contributed by atoms with E-state index in [0.29, 0.717) is 36.7 Å². The molecule has 1 aromatic carbocycles. The molecule has 1 aromatic rings. The molecule has 1 aliphatic carbocycles. The van der Waals surface area contributed by atoms with E-state index >= 15 is 0 Å². The molecule has 3 rings (SSSR count). The van der Waals surface area contributed by atoms with Crippen molar-refractivity contribution in [3.8, 4) is 5.75 Å². The van der Waals surface area contributed by atoms with E-state index in [4.69, 9.17) is 14.2 Å². The van der Waals surface area contributed by atoms with Gasteiger partial charge in [-0.25, -0.2) is 0 Å². The van der Waals surface area contributed by atoms with Crippen LogP contribution in [0.3, 0.4) is 0 Å².